The molecule has 4 saturated carbocycles. The number of benzene rings is 1. The topological polar surface area (TPSA) is 43.4 Å². The van der Waals surface area contributed by atoms with E-state index in [-0.39, 0.29) is 34.6 Å². The third kappa shape index (κ3) is 2.97. The number of ketones is 1. The van der Waals surface area contributed by atoms with E-state index >= 15 is 0 Å². The zero-order valence-corrected chi connectivity index (χ0v) is 18.1. The first-order valence-corrected chi connectivity index (χ1v) is 11.8. The van der Waals surface area contributed by atoms with Crippen LogP contribution in [0.4, 0.5) is 4.39 Å². The van der Waals surface area contributed by atoms with E-state index in [9.17, 15) is 14.0 Å². The molecule has 30 heavy (non-hydrogen) atoms. The van der Waals surface area contributed by atoms with Gasteiger partial charge in [-0.3, -0.25) is 4.79 Å². The van der Waals surface area contributed by atoms with Crippen molar-refractivity contribution in [2.24, 2.45) is 34.5 Å². The summed E-state index contributed by atoms with van der Waals surface area (Å²) in [7, 11) is 0. The molecular weight excluding hydrogens is 379 g/mol. The molecule has 8 atom stereocenters. The van der Waals surface area contributed by atoms with Crippen molar-refractivity contribution < 1.29 is 18.7 Å². The molecule has 1 aromatic rings. The zero-order valence-electron chi connectivity index (χ0n) is 18.1. The highest BCUT2D eigenvalue weighted by Gasteiger charge is 2.63. The smallest absolute Gasteiger partial charge is 0.338 e. The van der Waals surface area contributed by atoms with Gasteiger partial charge in [0.05, 0.1) is 5.56 Å². The molecule has 4 fully saturated rings. The molecule has 0 radical (unpaired) electrons. The number of carbonyl (C=O) groups is 2. The van der Waals surface area contributed by atoms with Crippen molar-refractivity contribution in [3.63, 3.8) is 0 Å². The van der Waals surface area contributed by atoms with Crippen molar-refractivity contribution in [1.82, 2.24) is 0 Å². The van der Waals surface area contributed by atoms with Gasteiger partial charge in [-0.25, -0.2) is 9.18 Å². The minimum absolute atomic E-state index is 0.0529. The van der Waals surface area contributed by atoms with Crippen LogP contribution < -0.4 is 0 Å². The summed E-state index contributed by atoms with van der Waals surface area (Å²) >= 11 is 0. The Kier molecular flexibility index (Phi) is 4.83. The fourth-order valence-electron chi connectivity index (χ4n) is 7.91. The Labute approximate surface area is 178 Å². The number of hydrogen-bond donors (Lipinski definition) is 0. The highest BCUT2D eigenvalue weighted by atomic mass is 19.1. The van der Waals surface area contributed by atoms with Gasteiger partial charge in [-0.15, -0.1) is 0 Å². The quantitative estimate of drug-likeness (QED) is 0.579. The molecule has 4 aliphatic rings. The highest BCUT2D eigenvalue weighted by molar-refractivity contribution is 5.89. The molecule has 0 spiro atoms. The number of ether oxygens (including phenoxy) is 1. The van der Waals surface area contributed by atoms with Gasteiger partial charge in [-0.05, 0) is 80.2 Å². The number of Topliss-reactive ketones (excluding diaryl/α,β-unsaturated/α-hetero) is 1. The van der Waals surface area contributed by atoms with Gasteiger partial charge in [0.25, 0.3) is 0 Å². The summed E-state index contributed by atoms with van der Waals surface area (Å²) in [5, 5.41) is 0. The number of halogens is 1. The Morgan fingerprint density at radius 1 is 1.00 bits per heavy atom. The first kappa shape index (κ1) is 20.2. The lowest BCUT2D eigenvalue weighted by atomic mass is 9.45. The molecule has 0 amide bonds. The van der Waals surface area contributed by atoms with Crippen LogP contribution in [0, 0.1) is 34.5 Å². The Morgan fingerprint density at radius 3 is 2.47 bits per heavy atom. The zero-order chi connectivity index (χ0) is 21.1. The molecule has 0 saturated heterocycles. The first-order chi connectivity index (χ1) is 14.3. The highest BCUT2D eigenvalue weighted by Crippen LogP contribution is 2.66. The molecule has 4 heteroatoms. The van der Waals surface area contributed by atoms with Crippen LogP contribution in [0.5, 0.6) is 0 Å². The van der Waals surface area contributed by atoms with Crippen molar-refractivity contribution >= 4 is 11.8 Å². The molecule has 162 valence electrons. The van der Waals surface area contributed by atoms with Gasteiger partial charge >= 0.3 is 5.97 Å². The second kappa shape index (κ2) is 7.17. The average Bonchev–Trinajstić information content (AvgIpc) is 3.06. The SMILES string of the molecule is C[C@]12CC[C@@H](F)C[C@@H]1C(=O)C[C@@H]1[C@@H]2CC[C@]2(C)[C@@H](OC(=O)c3ccccc3)CC[C@@H]12. The summed E-state index contributed by atoms with van der Waals surface area (Å²) < 4.78 is 20.2. The van der Waals surface area contributed by atoms with E-state index in [1.807, 2.05) is 18.2 Å². The Bertz CT molecular complexity index is 838. The van der Waals surface area contributed by atoms with Crippen molar-refractivity contribution in [3.05, 3.63) is 35.9 Å². The first-order valence-electron chi connectivity index (χ1n) is 11.8. The lowest BCUT2D eigenvalue weighted by Gasteiger charge is -2.59. The molecule has 0 bridgehead atoms. The van der Waals surface area contributed by atoms with E-state index in [0.717, 1.165) is 32.1 Å². The van der Waals surface area contributed by atoms with Gasteiger partial charge in [-0.2, -0.15) is 0 Å². The van der Waals surface area contributed by atoms with Crippen molar-refractivity contribution in [2.75, 3.05) is 0 Å². The molecule has 0 aliphatic heterocycles. The van der Waals surface area contributed by atoms with E-state index in [1.165, 1.54) is 0 Å². The molecule has 0 heterocycles. The van der Waals surface area contributed by atoms with Crippen LogP contribution in [0.15, 0.2) is 30.3 Å². The average molecular weight is 413 g/mol. The van der Waals surface area contributed by atoms with Crippen LogP contribution >= 0.6 is 0 Å². The number of hydrogen-bond acceptors (Lipinski definition) is 3. The van der Waals surface area contributed by atoms with Crippen molar-refractivity contribution in [1.29, 1.82) is 0 Å². The number of carbonyl (C=O) groups excluding carboxylic acids is 2. The fraction of sp³-hybridized carbons (Fsp3) is 0.692. The minimum Gasteiger partial charge on any atom is -0.458 e. The lowest BCUT2D eigenvalue weighted by Crippen LogP contribution is -2.57. The van der Waals surface area contributed by atoms with Gasteiger partial charge in [0.2, 0.25) is 0 Å². The largest absolute Gasteiger partial charge is 0.458 e. The summed E-state index contributed by atoms with van der Waals surface area (Å²) in [6.45, 7) is 4.55. The predicted octanol–water partition coefficient (Wildman–Crippen LogP) is 5.77. The molecule has 3 nitrogen and oxygen atoms in total. The summed E-state index contributed by atoms with van der Waals surface area (Å²) in [4.78, 5) is 25.8. The van der Waals surface area contributed by atoms with Crippen LogP contribution in [-0.2, 0) is 9.53 Å². The molecule has 0 unspecified atom stereocenters. The number of rotatable bonds is 2. The van der Waals surface area contributed by atoms with E-state index < -0.39 is 6.17 Å². The molecule has 0 aromatic heterocycles. The van der Waals surface area contributed by atoms with Crippen LogP contribution in [-0.4, -0.2) is 24.0 Å². The van der Waals surface area contributed by atoms with Gasteiger partial charge in [-0.1, -0.05) is 32.0 Å². The maximum absolute atomic E-state index is 14.1. The van der Waals surface area contributed by atoms with Gasteiger partial charge in [0.15, 0.2) is 0 Å². The monoisotopic (exact) mass is 412 g/mol. The van der Waals surface area contributed by atoms with Crippen LogP contribution in [0.3, 0.4) is 0 Å². The summed E-state index contributed by atoms with van der Waals surface area (Å²) in [6, 6.07) is 9.22. The second-order valence-electron chi connectivity index (χ2n) is 10.9. The predicted molar refractivity (Wildman–Crippen MR) is 113 cm³/mol. The van der Waals surface area contributed by atoms with Crippen molar-refractivity contribution in [3.8, 4) is 0 Å². The molecule has 4 aliphatic carbocycles. The maximum atomic E-state index is 14.1. The van der Waals surface area contributed by atoms with Crippen LogP contribution in [0.2, 0.25) is 0 Å². The maximum Gasteiger partial charge on any atom is 0.338 e. The molecule has 0 N–H and O–H groups in total. The Morgan fingerprint density at radius 2 is 1.70 bits per heavy atom. The third-order valence-corrected chi connectivity index (χ3v) is 9.57. The number of alkyl halides is 1. The lowest BCUT2D eigenvalue weighted by molar-refractivity contribution is -0.159. The van der Waals surface area contributed by atoms with E-state index in [1.54, 1.807) is 12.1 Å². The minimum atomic E-state index is -0.814. The molecule has 5 rings (SSSR count). The number of esters is 1. The van der Waals surface area contributed by atoms with Crippen LogP contribution in [0.25, 0.3) is 0 Å². The standard InChI is InChI=1S/C26H33FO3/c1-25-12-10-17(27)14-21(25)22(28)15-18-19-8-9-23(26(19,2)13-11-20(18)25)30-24(29)16-6-4-3-5-7-16/h3-7,17-21,23H,8-15H2,1-2H3/t17-,18+,19+,20+,21-,23+,25-,26+/m1/s1. The van der Waals surface area contributed by atoms with Gasteiger partial charge in [0, 0.05) is 17.8 Å². The number of fused-ring (bicyclic) bond motifs is 5. The summed E-state index contributed by atoms with van der Waals surface area (Å²) in [6.07, 6.45) is 5.55. The fourth-order valence-corrected chi connectivity index (χ4v) is 7.91. The normalized spacial score (nSPS) is 45.2. The summed E-state index contributed by atoms with van der Waals surface area (Å²) in [5.74, 6) is 1.21. The van der Waals surface area contributed by atoms with Crippen LogP contribution in [0.1, 0.15) is 75.6 Å². The molecular formula is C26H33FO3. The van der Waals surface area contributed by atoms with Crippen molar-refractivity contribution in [2.45, 2.75) is 77.5 Å². The third-order valence-electron chi connectivity index (χ3n) is 9.57. The Balaban J connectivity index is 1.37. The Hall–Kier alpha value is -1.71. The van der Waals surface area contributed by atoms with E-state index in [2.05, 4.69) is 13.8 Å². The second-order valence-corrected chi connectivity index (χ2v) is 10.9. The molecule has 1 aromatic carbocycles. The van der Waals surface area contributed by atoms with E-state index in [0.29, 0.717) is 42.6 Å². The van der Waals surface area contributed by atoms with Gasteiger partial charge < -0.3 is 4.74 Å². The van der Waals surface area contributed by atoms with E-state index in [4.69, 9.17) is 4.74 Å². The summed E-state index contributed by atoms with van der Waals surface area (Å²) in [5.41, 5.74) is 0.485. The van der Waals surface area contributed by atoms with Gasteiger partial charge in [0.1, 0.15) is 18.1 Å².